The van der Waals surface area contributed by atoms with Crippen LogP contribution in [-0.4, -0.2) is 42.1 Å². The Morgan fingerprint density at radius 1 is 1.16 bits per heavy atom. The van der Waals surface area contributed by atoms with Crippen molar-refractivity contribution in [2.45, 2.75) is 19.6 Å². The fourth-order valence-electron chi connectivity index (χ4n) is 2.33. The highest BCUT2D eigenvalue weighted by molar-refractivity contribution is 5.94. The summed E-state index contributed by atoms with van der Waals surface area (Å²) in [6.07, 6.45) is -0.970. The molecule has 6 heteroatoms. The highest BCUT2D eigenvalue weighted by Gasteiger charge is 2.23. The molecule has 25 heavy (non-hydrogen) atoms. The number of amides is 1. The molecule has 132 valence electrons. The molecule has 1 amide bonds. The normalized spacial score (nSPS) is 11.5. The van der Waals surface area contributed by atoms with Crippen molar-refractivity contribution in [1.29, 1.82) is 0 Å². The average Bonchev–Trinajstić information content (AvgIpc) is 2.61. The molecule has 0 aromatic heterocycles. The van der Waals surface area contributed by atoms with Gasteiger partial charge < -0.3 is 19.5 Å². The second-order valence-electron chi connectivity index (χ2n) is 5.61. The second kappa shape index (κ2) is 8.19. The van der Waals surface area contributed by atoms with Crippen molar-refractivity contribution in [2.75, 3.05) is 14.2 Å². The molecule has 2 rings (SSSR count). The van der Waals surface area contributed by atoms with Gasteiger partial charge >= 0.3 is 5.97 Å². The van der Waals surface area contributed by atoms with Crippen LogP contribution in [-0.2, 0) is 16.1 Å². The van der Waals surface area contributed by atoms with Gasteiger partial charge in [-0.3, -0.25) is 4.79 Å². The summed E-state index contributed by atoms with van der Waals surface area (Å²) in [5.74, 6) is -0.943. The number of likely N-dealkylation sites (N-methyl/N-ethyl adjacent to an activating group) is 1. The number of hydrogen-bond donors (Lipinski definition) is 1. The number of aromatic hydroxyl groups is 1. The maximum absolute atomic E-state index is 12.4. The summed E-state index contributed by atoms with van der Waals surface area (Å²) < 4.78 is 10.1. The standard InChI is InChI=1S/C19H21NO5/c1-13(18(22)20(2)12-14-7-5-4-6-8-14)25-19(23)16-10-9-15(24-3)11-17(16)21/h4-11,13,21H,12H2,1-3H3/t13-/m1/s1. The molecule has 0 aliphatic heterocycles. The summed E-state index contributed by atoms with van der Waals surface area (Å²) in [6.45, 7) is 1.91. The number of ether oxygens (including phenoxy) is 2. The van der Waals surface area contributed by atoms with Crippen LogP contribution in [0, 0.1) is 0 Å². The summed E-state index contributed by atoms with van der Waals surface area (Å²) in [5.41, 5.74) is 0.954. The van der Waals surface area contributed by atoms with Crippen LogP contribution in [0.25, 0.3) is 0 Å². The third-order valence-electron chi connectivity index (χ3n) is 3.70. The van der Waals surface area contributed by atoms with Gasteiger partial charge in [-0.2, -0.15) is 0 Å². The molecule has 0 radical (unpaired) electrons. The van der Waals surface area contributed by atoms with Gasteiger partial charge in [0.2, 0.25) is 0 Å². The molecule has 1 atom stereocenters. The Hall–Kier alpha value is -3.02. The first-order valence-corrected chi connectivity index (χ1v) is 7.79. The van der Waals surface area contributed by atoms with Gasteiger partial charge in [0.1, 0.15) is 17.1 Å². The lowest BCUT2D eigenvalue weighted by molar-refractivity contribution is -0.139. The lowest BCUT2D eigenvalue weighted by Gasteiger charge is -2.21. The van der Waals surface area contributed by atoms with E-state index in [4.69, 9.17) is 9.47 Å². The van der Waals surface area contributed by atoms with Crippen LogP contribution in [0.4, 0.5) is 0 Å². The number of rotatable bonds is 6. The van der Waals surface area contributed by atoms with Crippen molar-refractivity contribution in [3.8, 4) is 11.5 Å². The quantitative estimate of drug-likeness (QED) is 0.816. The first-order valence-electron chi connectivity index (χ1n) is 7.79. The van der Waals surface area contributed by atoms with Crippen LogP contribution in [0.15, 0.2) is 48.5 Å². The van der Waals surface area contributed by atoms with E-state index in [0.29, 0.717) is 12.3 Å². The minimum absolute atomic E-state index is 0.0221. The fraction of sp³-hybridized carbons (Fsp3) is 0.263. The fourth-order valence-corrected chi connectivity index (χ4v) is 2.33. The number of phenols is 1. The molecule has 2 aromatic rings. The van der Waals surface area contributed by atoms with Crippen LogP contribution in [0.5, 0.6) is 11.5 Å². The predicted molar refractivity (Wildman–Crippen MR) is 92.5 cm³/mol. The largest absolute Gasteiger partial charge is 0.507 e. The molecular formula is C19H21NO5. The molecule has 0 heterocycles. The van der Waals surface area contributed by atoms with E-state index in [9.17, 15) is 14.7 Å². The van der Waals surface area contributed by atoms with Crippen LogP contribution < -0.4 is 4.74 Å². The molecule has 6 nitrogen and oxygen atoms in total. The topological polar surface area (TPSA) is 76.1 Å². The molecule has 0 aliphatic carbocycles. The number of phenolic OH excluding ortho intramolecular Hbond substituents is 1. The van der Waals surface area contributed by atoms with E-state index in [1.54, 1.807) is 7.05 Å². The number of carbonyl (C=O) groups excluding carboxylic acids is 2. The van der Waals surface area contributed by atoms with E-state index in [-0.39, 0.29) is 17.2 Å². The van der Waals surface area contributed by atoms with Crippen molar-refractivity contribution in [3.05, 3.63) is 59.7 Å². The Morgan fingerprint density at radius 2 is 1.84 bits per heavy atom. The number of methoxy groups -OCH3 is 1. The van der Waals surface area contributed by atoms with Crippen LogP contribution in [0.3, 0.4) is 0 Å². The van der Waals surface area contributed by atoms with E-state index >= 15 is 0 Å². The molecule has 0 saturated heterocycles. The van der Waals surface area contributed by atoms with Gasteiger partial charge in [0, 0.05) is 19.7 Å². The molecule has 2 aromatic carbocycles. The SMILES string of the molecule is COc1ccc(C(=O)O[C@H](C)C(=O)N(C)Cc2ccccc2)c(O)c1. The van der Waals surface area contributed by atoms with E-state index in [1.165, 1.54) is 37.1 Å². The molecule has 0 spiro atoms. The number of nitrogens with zero attached hydrogens (tertiary/aromatic N) is 1. The third-order valence-corrected chi connectivity index (χ3v) is 3.70. The summed E-state index contributed by atoms with van der Waals surface area (Å²) in [4.78, 5) is 26.0. The van der Waals surface area contributed by atoms with Gasteiger partial charge in [0.15, 0.2) is 6.10 Å². The molecule has 1 N–H and O–H groups in total. The van der Waals surface area contributed by atoms with Crippen LogP contribution >= 0.6 is 0 Å². The third kappa shape index (κ3) is 4.73. The molecule has 0 saturated carbocycles. The lowest BCUT2D eigenvalue weighted by atomic mass is 10.2. The first kappa shape index (κ1) is 18.3. The zero-order chi connectivity index (χ0) is 18.4. The summed E-state index contributed by atoms with van der Waals surface area (Å²) >= 11 is 0. The molecule has 0 fully saturated rings. The zero-order valence-electron chi connectivity index (χ0n) is 14.4. The van der Waals surface area contributed by atoms with Crippen LogP contribution in [0.1, 0.15) is 22.8 Å². The summed E-state index contributed by atoms with van der Waals surface area (Å²) in [7, 11) is 3.10. The number of esters is 1. The average molecular weight is 343 g/mol. The molecule has 0 bridgehead atoms. The number of hydrogen-bond acceptors (Lipinski definition) is 5. The minimum Gasteiger partial charge on any atom is -0.507 e. The maximum Gasteiger partial charge on any atom is 0.342 e. The second-order valence-corrected chi connectivity index (χ2v) is 5.61. The highest BCUT2D eigenvalue weighted by Crippen LogP contribution is 2.24. The summed E-state index contributed by atoms with van der Waals surface area (Å²) in [6, 6.07) is 13.7. The Balaban J connectivity index is 1.99. The Labute approximate surface area is 146 Å². The van der Waals surface area contributed by atoms with Gasteiger partial charge in [0.25, 0.3) is 5.91 Å². The van der Waals surface area contributed by atoms with Crippen molar-refractivity contribution < 1.29 is 24.2 Å². The monoisotopic (exact) mass is 343 g/mol. The highest BCUT2D eigenvalue weighted by atomic mass is 16.5. The van der Waals surface area contributed by atoms with Gasteiger partial charge in [-0.05, 0) is 24.6 Å². The molecule has 0 unspecified atom stereocenters. The van der Waals surface area contributed by atoms with E-state index < -0.39 is 12.1 Å². The van der Waals surface area contributed by atoms with E-state index in [2.05, 4.69) is 0 Å². The van der Waals surface area contributed by atoms with Crippen molar-refractivity contribution in [3.63, 3.8) is 0 Å². The van der Waals surface area contributed by atoms with Gasteiger partial charge in [-0.15, -0.1) is 0 Å². The predicted octanol–water partition coefficient (Wildman–Crippen LogP) is 2.60. The number of benzene rings is 2. The van der Waals surface area contributed by atoms with Gasteiger partial charge in [-0.25, -0.2) is 4.79 Å². The Morgan fingerprint density at radius 3 is 2.44 bits per heavy atom. The smallest absolute Gasteiger partial charge is 0.342 e. The lowest BCUT2D eigenvalue weighted by Crippen LogP contribution is -2.37. The number of carbonyl (C=O) groups is 2. The summed E-state index contributed by atoms with van der Waals surface area (Å²) in [5, 5.41) is 9.87. The zero-order valence-corrected chi connectivity index (χ0v) is 14.4. The van der Waals surface area contributed by atoms with Crippen molar-refractivity contribution in [2.24, 2.45) is 0 Å². The van der Waals surface area contributed by atoms with Gasteiger partial charge in [-0.1, -0.05) is 30.3 Å². The van der Waals surface area contributed by atoms with E-state index in [1.807, 2.05) is 30.3 Å². The van der Waals surface area contributed by atoms with E-state index in [0.717, 1.165) is 5.56 Å². The molecule has 0 aliphatic rings. The van der Waals surface area contributed by atoms with Crippen LogP contribution in [0.2, 0.25) is 0 Å². The Kier molecular flexibility index (Phi) is 6.00. The first-order chi connectivity index (χ1) is 11.9. The maximum atomic E-state index is 12.4. The van der Waals surface area contributed by atoms with Crippen molar-refractivity contribution in [1.82, 2.24) is 4.90 Å². The molecular weight excluding hydrogens is 322 g/mol. The Bertz CT molecular complexity index is 745. The van der Waals surface area contributed by atoms with Gasteiger partial charge in [0.05, 0.1) is 7.11 Å². The minimum atomic E-state index is -0.970. The van der Waals surface area contributed by atoms with Crippen molar-refractivity contribution >= 4 is 11.9 Å².